The first-order chi connectivity index (χ1) is 13.1. The van der Waals surface area contributed by atoms with E-state index >= 15 is 0 Å². The number of primary amides is 1. The van der Waals surface area contributed by atoms with E-state index in [1.54, 1.807) is 11.8 Å². The summed E-state index contributed by atoms with van der Waals surface area (Å²) in [7, 11) is 0. The number of hydrogen-bond acceptors (Lipinski definition) is 6. The Kier molecular flexibility index (Phi) is 7.17. The Morgan fingerprint density at radius 1 is 1.19 bits per heavy atom. The van der Waals surface area contributed by atoms with Gasteiger partial charge in [-0.15, -0.1) is 22.0 Å². The average molecular weight is 406 g/mol. The van der Waals surface area contributed by atoms with Gasteiger partial charge in [0.1, 0.15) is 5.82 Å². The first-order valence-electron chi connectivity index (χ1n) is 8.92. The molecule has 1 aliphatic carbocycles. The Bertz CT molecular complexity index is 777. The molecule has 144 valence electrons. The van der Waals surface area contributed by atoms with Crippen LogP contribution in [-0.2, 0) is 16.1 Å². The van der Waals surface area contributed by atoms with Crippen molar-refractivity contribution in [1.82, 2.24) is 20.1 Å². The van der Waals surface area contributed by atoms with Crippen LogP contribution in [0.1, 0.15) is 31.0 Å². The van der Waals surface area contributed by atoms with Crippen LogP contribution in [0.3, 0.4) is 0 Å². The van der Waals surface area contributed by atoms with E-state index < -0.39 is 0 Å². The van der Waals surface area contributed by atoms with Crippen LogP contribution >= 0.6 is 23.5 Å². The summed E-state index contributed by atoms with van der Waals surface area (Å²) < 4.78 is 1.94. The van der Waals surface area contributed by atoms with Crippen LogP contribution in [-0.4, -0.2) is 44.6 Å². The number of thioether (sulfide) groups is 2. The standard InChI is InChI=1S/C18H23N5O2S2/c19-15(24)8-10-23-17(13-6-7-13)21-22-18(23)27-12-16(25)20-9-11-26-14-4-2-1-3-5-14/h1-5,13H,6-12H2,(H2,19,24)(H,20,25). The number of carbonyl (C=O) groups is 2. The summed E-state index contributed by atoms with van der Waals surface area (Å²) in [5.74, 6) is 2.03. The Balaban J connectivity index is 1.43. The largest absolute Gasteiger partial charge is 0.370 e. The number of nitrogens with zero attached hydrogens (tertiary/aromatic N) is 3. The molecule has 1 saturated carbocycles. The van der Waals surface area contributed by atoms with Crippen molar-refractivity contribution in [3.8, 4) is 0 Å². The summed E-state index contributed by atoms with van der Waals surface area (Å²) in [5.41, 5.74) is 5.27. The third kappa shape index (κ3) is 6.28. The summed E-state index contributed by atoms with van der Waals surface area (Å²) in [6, 6.07) is 10.1. The molecular formula is C18H23N5O2S2. The van der Waals surface area contributed by atoms with Crippen molar-refractivity contribution in [3.05, 3.63) is 36.2 Å². The van der Waals surface area contributed by atoms with Crippen LogP contribution in [0, 0.1) is 0 Å². The zero-order chi connectivity index (χ0) is 19.1. The van der Waals surface area contributed by atoms with E-state index in [4.69, 9.17) is 5.73 Å². The lowest BCUT2D eigenvalue weighted by molar-refractivity contribution is -0.119. The van der Waals surface area contributed by atoms with Gasteiger partial charge in [0.05, 0.1) is 5.75 Å². The summed E-state index contributed by atoms with van der Waals surface area (Å²) in [6.07, 6.45) is 2.44. The zero-order valence-electron chi connectivity index (χ0n) is 15.0. The Morgan fingerprint density at radius 2 is 1.96 bits per heavy atom. The van der Waals surface area contributed by atoms with Gasteiger partial charge < -0.3 is 15.6 Å². The molecule has 0 aliphatic heterocycles. The normalized spacial score (nSPS) is 13.5. The molecule has 2 aromatic rings. The minimum absolute atomic E-state index is 0.0360. The second-order valence-corrected chi connectivity index (χ2v) is 8.39. The summed E-state index contributed by atoms with van der Waals surface area (Å²) in [6.45, 7) is 1.08. The lowest BCUT2D eigenvalue weighted by Gasteiger charge is -2.09. The SMILES string of the molecule is NC(=O)CCn1c(SCC(=O)NCCSc2ccccc2)nnc1C1CC1. The summed E-state index contributed by atoms with van der Waals surface area (Å²) >= 11 is 3.06. The van der Waals surface area contributed by atoms with Crippen molar-refractivity contribution in [2.24, 2.45) is 5.73 Å². The first kappa shape index (κ1) is 19.8. The zero-order valence-corrected chi connectivity index (χ0v) is 16.6. The molecule has 27 heavy (non-hydrogen) atoms. The van der Waals surface area contributed by atoms with E-state index in [9.17, 15) is 9.59 Å². The number of nitrogens with two attached hydrogens (primary N) is 1. The fraction of sp³-hybridized carbons (Fsp3) is 0.444. The molecule has 1 aromatic carbocycles. The van der Waals surface area contributed by atoms with E-state index in [-0.39, 0.29) is 24.0 Å². The molecule has 1 heterocycles. The monoisotopic (exact) mass is 405 g/mol. The molecule has 0 unspecified atom stereocenters. The average Bonchev–Trinajstić information content (AvgIpc) is 3.43. The fourth-order valence-corrected chi connectivity index (χ4v) is 4.13. The van der Waals surface area contributed by atoms with E-state index in [1.165, 1.54) is 16.7 Å². The quantitative estimate of drug-likeness (QED) is 0.438. The number of carbonyl (C=O) groups excluding carboxylic acids is 2. The second-order valence-electron chi connectivity index (χ2n) is 6.28. The molecule has 9 heteroatoms. The van der Waals surface area contributed by atoms with Crippen LogP contribution in [0.4, 0.5) is 0 Å². The minimum Gasteiger partial charge on any atom is -0.370 e. The number of hydrogen-bond donors (Lipinski definition) is 2. The maximum absolute atomic E-state index is 12.1. The molecule has 1 aliphatic rings. The predicted molar refractivity (Wildman–Crippen MR) is 107 cm³/mol. The third-order valence-electron chi connectivity index (χ3n) is 4.04. The molecule has 3 N–H and O–H groups in total. The lowest BCUT2D eigenvalue weighted by atomic mass is 10.3. The molecule has 0 saturated heterocycles. The number of nitrogens with one attached hydrogen (secondary N) is 1. The Morgan fingerprint density at radius 3 is 2.67 bits per heavy atom. The van der Waals surface area contributed by atoms with Crippen LogP contribution in [0.5, 0.6) is 0 Å². The molecule has 2 amide bonds. The number of amides is 2. The molecule has 7 nitrogen and oxygen atoms in total. The van der Waals surface area contributed by atoms with E-state index in [0.717, 1.165) is 24.4 Å². The molecule has 0 atom stereocenters. The van der Waals surface area contributed by atoms with Gasteiger partial charge in [-0.3, -0.25) is 9.59 Å². The summed E-state index contributed by atoms with van der Waals surface area (Å²) in [4.78, 5) is 24.4. The van der Waals surface area contributed by atoms with Crippen LogP contribution < -0.4 is 11.1 Å². The van der Waals surface area contributed by atoms with Gasteiger partial charge in [-0.05, 0) is 25.0 Å². The predicted octanol–water partition coefficient (Wildman–Crippen LogP) is 2.03. The molecule has 1 aromatic heterocycles. The lowest BCUT2D eigenvalue weighted by Crippen LogP contribution is -2.27. The number of rotatable bonds is 11. The highest BCUT2D eigenvalue weighted by Gasteiger charge is 2.30. The highest BCUT2D eigenvalue weighted by molar-refractivity contribution is 7.99. The van der Waals surface area contributed by atoms with E-state index in [0.29, 0.717) is 24.2 Å². The van der Waals surface area contributed by atoms with E-state index in [1.807, 2.05) is 22.8 Å². The van der Waals surface area contributed by atoms with Crippen LogP contribution in [0.15, 0.2) is 40.4 Å². The molecule has 0 spiro atoms. The minimum atomic E-state index is -0.352. The topological polar surface area (TPSA) is 103 Å². The van der Waals surface area contributed by atoms with Crippen LogP contribution in [0.2, 0.25) is 0 Å². The van der Waals surface area contributed by atoms with Gasteiger partial charge in [0.25, 0.3) is 0 Å². The van der Waals surface area contributed by atoms with Gasteiger partial charge >= 0.3 is 0 Å². The molecular weight excluding hydrogens is 382 g/mol. The highest BCUT2D eigenvalue weighted by Crippen LogP contribution is 2.40. The molecule has 3 rings (SSSR count). The smallest absolute Gasteiger partial charge is 0.230 e. The molecule has 0 radical (unpaired) electrons. The first-order valence-corrected chi connectivity index (χ1v) is 10.9. The van der Waals surface area contributed by atoms with Gasteiger partial charge in [-0.1, -0.05) is 30.0 Å². The Hall–Kier alpha value is -2.00. The van der Waals surface area contributed by atoms with Crippen molar-refractivity contribution in [2.45, 2.75) is 41.8 Å². The maximum Gasteiger partial charge on any atom is 0.230 e. The third-order valence-corrected chi connectivity index (χ3v) is 6.02. The maximum atomic E-state index is 12.1. The number of benzene rings is 1. The van der Waals surface area contributed by atoms with Crippen molar-refractivity contribution in [1.29, 1.82) is 0 Å². The second kappa shape index (κ2) is 9.80. The van der Waals surface area contributed by atoms with Crippen molar-refractivity contribution in [3.63, 3.8) is 0 Å². The van der Waals surface area contributed by atoms with E-state index in [2.05, 4.69) is 27.6 Å². The highest BCUT2D eigenvalue weighted by atomic mass is 32.2. The Labute approximate surface area is 166 Å². The van der Waals surface area contributed by atoms with Gasteiger partial charge in [0, 0.05) is 36.1 Å². The van der Waals surface area contributed by atoms with Gasteiger partial charge in [0.15, 0.2) is 5.16 Å². The van der Waals surface area contributed by atoms with Crippen LogP contribution in [0.25, 0.3) is 0 Å². The summed E-state index contributed by atoms with van der Waals surface area (Å²) in [5, 5.41) is 12.0. The van der Waals surface area contributed by atoms with Crippen molar-refractivity contribution in [2.75, 3.05) is 18.1 Å². The van der Waals surface area contributed by atoms with Gasteiger partial charge in [-0.2, -0.15) is 0 Å². The van der Waals surface area contributed by atoms with Gasteiger partial charge in [-0.25, -0.2) is 0 Å². The fourth-order valence-electron chi connectivity index (χ4n) is 2.54. The molecule has 0 bridgehead atoms. The molecule has 1 fully saturated rings. The van der Waals surface area contributed by atoms with Crippen molar-refractivity contribution >= 4 is 35.3 Å². The van der Waals surface area contributed by atoms with Gasteiger partial charge in [0.2, 0.25) is 11.8 Å². The number of aromatic nitrogens is 3. The van der Waals surface area contributed by atoms with Crippen molar-refractivity contribution < 1.29 is 9.59 Å².